The molecule has 5 heteroatoms. The van der Waals surface area contributed by atoms with Crippen molar-refractivity contribution >= 4 is 15.9 Å². The van der Waals surface area contributed by atoms with Gasteiger partial charge in [-0.1, -0.05) is 30.3 Å². The van der Waals surface area contributed by atoms with Crippen LogP contribution in [0.15, 0.2) is 45.8 Å². The molecule has 2 aromatic heterocycles. The van der Waals surface area contributed by atoms with E-state index in [0.29, 0.717) is 5.92 Å². The summed E-state index contributed by atoms with van der Waals surface area (Å²) in [4.78, 5) is 4.97. The third kappa shape index (κ3) is 1.91. The van der Waals surface area contributed by atoms with Crippen LogP contribution >= 0.6 is 15.9 Å². The van der Waals surface area contributed by atoms with Crippen LogP contribution < -0.4 is 0 Å². The van der Waals surface area contributed by atoms with Gasteiger partial charge in [0.1, 0.15) is 5.76 Å². The second kappa shape index (κ2) is 5.06. The number of imidazole rings is 1. The second-order valence-corrected chi connectivity index (χ2v) is 7.86. The van der Waals surface area contributed by atoms with E-state index in [0.717, 1.165) is 36.2 Å². The number of fused-ring (bicyclic) bond motifs is 4. The number of para-hydroxylation sites is 1. The number of aromatic nitrogens is 3. The number of hydrogen-bond acceptors (Lipinski definition) is 3. The van der Waals surface area contributed by atoms with Gasteiger partial charge >= 0.3 is 0 Å². The Morgan fingerprint density at radius 1 is 1.29 bits per heavy atom. The van der Waals surface area contributed by atoms with E-state index < -0.39 is 0 Å². The predicted octanol–water partition coefficient (Wildman–Crippen LogP) is 4.24. The first-order chi connectivity index (χ1) is 11.7. The normalized spacial score (nSPS) is 25.0. The van der Waals surface area contributed by atoms with Gasteiger partial charge < -0.3 is 4.52 Å². The number of benzene rings is 1. The maximum atomic E-state index is 5.45. The number of nitrogens with zero attached hydrogens (tertiary/aromatic N) is 3. The first-order valence-corrected chi connectivity index (χ1v) is 9.21. The van der Waals surface area contributed by atoms with E-state index in [1.54, 1.807) is 0 Å². The minimum atomic E-state index is 0.0503. The van der Waals surface area contributed by atoms with E-state index >= 15 is 0 Å². The Hall–Kier alpha value is -1.88. The lowest BCUT2D eigenvalue weighted by Gasteiger charge is -2.43. The van der Waals surface area contributed by atoms with Gasteiger partial charge in [0, 0.05) is 28.8 Å². The SMILES string of the molecule is CC12Cc3cnoc3CC1CCc1c2nc(Br)n1-c1ccccc1. The molecule has 1 aromatic carbocycles. The highest BCUT2D eigenvalue weighted by molar-refractivity contribution is 9.10. The van der Waals surface area contributed by atoms with Crippen LogP contribution in [-0.4, -0.2) is 14.7 Å². The molecule has 2 unspecified atom stereocenters. The molecule has 0 saturated carbocycles. The summed E-state index contributed by atoms with van der Waals surface area (Å²) in [5.74, 6) is 1.64. The highest BCUT2D eigenvalue weighted by Crippen LogP contribution is 2.49. The quantitative estimate of drug-likeness (QED) is 0.630. The molecule has 2 aliphatic rings. The van der Waals surface area contributed by atoms with Crippen LogP contribution in [0.4, 0.5) is 0 Å². The molecule has 122 valence electrons. The highest BCUT2D eigenvalue weighted by Gasteiger charge is 2.47. The van der Waals surface area contributed by atoms with Gasteiger partial charge in [-0.15, -0.1) is 0 Å². The zero-order valence-corrected chi connectivity index (χ0v) is 15.1. The Morgan fingerprint density at radius 3 is 2.96 bits per heavy atom. The zero-order chi connectivity index (χ0) is 16.3. The smallest absolute Gasteiger partial charge is 0.182 e. The summed E-state index contributed by atoms with van der Waals surface area (Å²) < 4.78 is 8.61. The van der Waals surface area contributed by atoms with Crippen molar-refractivity contribution in [3.8, 4) is 5.69 Å². The summed E-state index contributed by atoms with van der Waals surface area (Å²) in [6.07, 6.45) is 6.03. The van der Waals surface area contributed by atoms with Crippen molar-refractivity contribution in [2.45, 2.75) is 38.0 Å². The van der Waals surface area contributed by atoms with E-state index in [-0.39, 0.29) is 5.41 Å². The monoisotopic (exact) mass is 383 g/mol. The average Bonchev–Trinajstić information content (AvgIpc) is 3.16. The topological polar surface area (TPSA) is 43.9 Å². The van der Waals surface area contributed by atoms with Crippen molar-refractivity contribution in [3.63, 3.8) is 0 Å². The molecule has 0 saturated heterocycles. The molecular weight excluding hydrogens is 366 g/mol. The summed E-state index contributed by atoms with van der Waals surface area (Å²) >= 11 is 3.70. The minimum absolute atomic E-state index is 0.0503. The van der Waals surface area contributed by atoms with Crippen LogP contribution in [0.2, 0.25) is 0 Å². The van der Waals surface area contributed by atoms with Gasteiger partial charge in [0.2, 0.25) is 0 Å². The van der Waals surface area contributed by atoms with Gasteiger partial charge in [-0.25, -0.2) is 4.98 Å². The van der Waals surface area contributed by atoms with Gasteiger partial charge in [0.05, 0.1) is 11.9 Å². The van der Waals surface area contributed by atoms with E-state index in [1.807, 2.05) is 12.3 Å². The van der Waals surface area contributed by atoms with E-state index in [2.05, 4.69) is 56.8 Å². The van der Waals surface area contributed by atoms with Crippen molar-refractivity contribution in [3.05, 3.63) is 64.0 Å². The average molecular weight is 384 g/mol. The summed E-state index contributed by atoms with van der Waals surface area (Å²) in [5, 5.41) is 4.01. The van der Waals surface area contributed by atoms with Gasteiger partial charge in [-0.3, -0.25) is 4.57 Å². The molecule has 4 nitrogen and oxygen atoms in total. The van der Waals surface area contributed by atoms with Crippen molar-refractivity contribution < 1.29 is 4.52 Å². The lowest BCUT2D eigenvalue weighted by atomic mass is 9.61. The van der Waals surface area contributed by atoms with Crippen molar-refractivity contribution in [1.29, 1.82) is 0 Å². The van der Waals surface area contributed by atoms with Gasteiger partial charge in [-0.05, 0) is 53.2 Å². The predicted molar refractivity (Wildman–Crippen MR) is 94.3 cm³/mol. The standard InChI is InChI=1S/C19H18BrN3O/c1-19-10-12-11-21-24-16(12)9-13(19)7-8-15-17(19)22-18(20)23(15)14-5-3-2-4-6-14/h2-6,11,13H,7-10H2,1H3. The van der Waals surface area contributed by atoms with Gasteiger partial charge in [-0.2, -0.15) is 0 Å². The Bertz CT molecular complexity index is 914. The Labute approximate surface area is 149 Å². The molecule has 0 aliphatic heterocycles. The molecule has 0 amide bonds. The third-order valence-electron chi connectivity index (χ3n) is 5.84. The molecule has 0 bridgehead atoms. The second-order valence-electron chi connectivity index (χ2n) is 7.16. The molecule has 24 heavy (non-hydrogen) atoms. The Balaban J connectivity index is 1.67. The fraction of sp³-hybridized carbons (Fsp3) is 0.368. The largest absolute Gasteiger partial charge is 0.361 e. The highest BCUT2D eigenvalue weighted by atomic mass is 79.9. The summed E-state index contributed by atoms with van der Waals surface area (Å²) in [6, 6.07) is 10.5. The lowest BCUT2D eigenvalue weighted by Crippen LogP contribution is -2.43. The van der Waals surface area contributed by atoms with Gasteiger partial charge in [0.25, 0.3) is 0 Å². The van der Waals surface area contributed by atoms with Crippen LogP contribution in [0.5, 0.6) is 0 Å². The van der Waals surface area contributed by atoms with E-state index in [9.17, 15) is 0 Å². The van der Waals surface area contributed by atoms with Crippen molar-refractivity contribution in [2.75, 3.05) is 0 Å². The number of halogens is 1. The Morgan fingerprint density at radius 2 is 2.12 bits per heavy atom. The zero-order valence-electron chi connectivity index (χ0n) is 13.5. The van der Waals surface area contributed by atoms with E-state index in [4.69, 9.17) is 9.51 Å². The molecule has 2 atom stereocenters. The molecule has 3 aromatic rings. The first kappa shape index (κ1) is 14.5. The summed E-state index contributed by atoms with van der Waals surface area (Å²) in [7, 11) is 0. The van der Waals surface area contributed by atoms with Crippen molar-refractivity contribution in [2.24, 2.45) is 5.92 Å². The van der Waals surface area contributed by atoms with Crippen LogP contribution in [0.1, 0.15) is 36.1 Å². The fourth-order valence-electron chi connectivity index (χ4n) is 4.55. The third-order valence-corrected chi connectivity index (χ3v) is 6.37. The molecule has 0 N–H and O–H groups in total. The maximum Gasteiger partial charge on any atom is 0.182 e. The van der Waals surface area contributed by atoms with Crippen LogP contribution in [0.25, 0.3) is 5.69 Å². The van der Waals surface area contributed by atoms with Crippen LogP contribution in [0, 0.1) is 5.92 Å². The molecule has 5 rings (SSSR count). The van der Waals surface area contributed by atoms with Crippen LogP contribution in [0.3, 0.4) is 0 Å². The van der Waals surface area contributed by atoms with Crippen molar-refractivity contribution in [1.82, 2.24) is 14.7 Å². The fourth-order valence-corrected chi connectivity index (χ4v) is 5.14. The number of rotatable bonds is 1. The minimum Gasteiger partial charge on any atom is -0.361 e. The molecule has 0 spiro atoms. The summed E-state index contributed by atoms with van der Waals surface area (Å²) in [6.45, 7) is 2.36. The molecule has 0 radical (unpaired) electrons. The van der Waals surface area contributed by atoms with Crippen LogP contribution in [-0.2, 0) is 24.7 Å². The first-order valence-electron chi connectivity index (χ1n) is 8.42. The number of hydrogen-bond donors (Lipinski definition) is 0. The summed E-state index contributed by atoms with van der Waals surface area (Å²) in [5.41, 5.74) is 5.04. The van der Waals surface area contributed by atoms with E-state index in [1.165, 1.54) is 22.6 Å². The maximum absolute atomic E-state index is 5.45. The molecule has 0 fully saturated rings. The lowest BCUT2D eigenvalue weighted by molar-refractivity contribution is 0.206. The van der Waals surface area contributed by atoms with Gasteiger partial charge in [0.15, 0.2) is 4.73 Å². The molecule has 2 heterocycles. The molecular formula is C19H18BrN3O. The molecule has 2 aliphatic carbocycles. The Kier molecular flexibility index (Phi) is 3.05.